The van der Waals surface area contributed by atoms with Crippen molar-refractivity contribution in [1.82, 2.24) is 9.78 Å². The molecule has 24 heavy (non-hydrogen) atoms. The topological polar surface area (TPSA) is 126 Å². The number of carbonyl (C=O) groups excluding carboxylic acids is 1. The highest BCUT2D eigenvalue weighted by Gasteiger charge is 2.09. The largest absolute Gasteiger partial charge is 0.380 e. The number of aromatic nitrogens is 2. The van der Waals surface area contributed by atoms with Crippen LogP contribution in [-0.2, 0) is 16.2 Å². The fourth-order valence-electron chi connectivity index (χ4n) is 1.80. The fraction of sp³-hybridized carbons (Fsp3) is 0.214. The highest BCUT2D eigenvalue weighted by Crippen LogP contribution is 2.12. The lowest BCUT2D eigenvalue weighted by atomic mass is 10.2. The first-order chi connectivity index (χ1) is 11.4. The van der Waals surface area contributed by atoms with Gasteiger partial charge in [0.25, 0.3) is 5.69 Å². The predicted molar refractivity (Wildman–Crippen MR) is 94.2 cm³/mol. The van der Waals surface area contributed by atoms with Crippen molar-refractivity contribution in [3.8, 4) is 0 Å². The number of hydrogen-bond acceptors (Lipinski definition) is 6. The molecule has 0 aliphatic carbocycles. The van der Waals surface area contributed by atoms with E-state index < -0.39 is 10.9 Å². The number of halogens is 1. The van der Waals surface area contributed by atoms with Crippen LogP contribution in [0, 0.1) is 20.6 Å². The van der Waals surface area contributed by atoms with E-state index in [1.165, 1.54) is 24.3 Å². The maximum Gasteiger partial charge on any atom is 0.336 e. The Morgan fingerprint density at radius 1 is 1.46 bits per heavy atom. The zero-order chi connectivity index (χ0) is 17.7. The van der Waals surface area contributed by atoms with Crippen molar-refractivity contribution in [1.29, 1.82) is 0 Å². The molecule has 0 saturated heterocycles. The summed E-state index contributed by atoms with van der Waals surface area (Å²) in [5.41, 5.74) is 7.02. The third kappa shape index (κ3) is 4.50. The van der Waals surface area contributed by atoms with Crippen molar-refractivity contribution in [2.45, 2.75) is 19.9 Å². The minimum Gasteiger partial charge on any atom is -0.380 e. The monoisotopic (exact) mass is 443 g/mol. The molecule has 0 atom stereocenters. The molecule has 2 rings (SSSR count). The van der Waals surface area contributed by atoms with Crippen LogP contribution in [-0.4, -0.2) is 26.5 Å². The molecular weight excluding hydrogens is 429 g/mol. The van der Waals surface area contributed by atoms with E-state index in [9.17, 15) is 14.9 Å². The van der Waals surface area contributed by atoms with Crippen LogP contribution < -0.4 is 5.73 Å². The predicted octanol–water partition coefficient (Wildman–Crippen LogP) is 1.96. The van der Waals surface area contributed by atoms with Gasteiger partial charge in [-0.25, -0.2) is 4.79 Å². The van der Waals surface area contributed by atoms with E-state index >= 15 is 0 Å². The van der Waals surface area contributed by atoms with Gasteiger partial charge in [-0.15, -0.1) is 0 Å². The maximum atomic E-state index is 11.7. The number of nitro benzene ring substituents is 1. The lowest BCUT2D eigenvalue weighted by molar-refractivity contribution is -0.384. The molecule has 0 radical (unpaired) electrons. The van der Waals surface area contributed by atoms with E-state index in [2.05, 4.69) is 32.8 Å². The summed E-state index contributed by atoms with van der Waals surface area (Å²) in [5, 5.41) is 18.3. The van der Waals surface area contributed by atoms with Crippen molar-refractivity contribution in [2.75, 3.05) is 0 Å². The molecule has 0 aliphatic rings. The van der Waals surface area contributed by atoms with Gasteiger partial charge in [0, 0.05) is 23.4 Å². The van der Waals surface area contributed by atoms with Crippen molar-refractivity contribution in [2.24, 2.45) is 10.9 Å². The second kappa shape index (κ2) is 7.86. The SMILES string of the molecule is Cc1c(I)cnn1CCC(=O)O/N=C(\N)c1ccc([N+](=O)[O-])cc1. The van der Waals surface area contributed by atoms with E-state index in [4.69, 9.17) is 10.6 Å². The Morgan fingerprint density at radius 3 is 2.67 bits per heavy atom. The van der Waals surface area contributed by atoms with Gasteiger partial charge in [0.15, 0.2) is 5.84 Å². The highest BCUT2D eigenvalue weighted by atomic mass is 127. The molecule has 10 heteroatoms. The van der Waals surface area contributed by atoms with Gasteiger partial charge in [0.2, 0.25) is 0 Å². The molecule has 0 saturated carbocycles. The Balaban J connectivity index is 1.90. The normalized spacial score (nSPS) is 11.3. The van der Waals surface area contributed by atoms with Gasteiger partial charge >= 0.3 is 5.97 Å². The Labute approximate surface area is 150 Å². The van der Waals surface area contributed by atoms with Crippen LogP contribution in [0.1, 0.15) is 17.7 Å². The lowest BCUT2D eigenvalue weighted by Gasteiger charge is -2.03. The third-order valence-corrected chi connectivity index (χ3v) is 4.25. The zero-order valence-corrected chi connectivity index (χ0v) is 14.8. The van der Waals surface area contributed by atoms with E-state index in [1.54, 1.807) is 10.9 Å². The van der Waals surface area contributed by atoms with Crippen LogP contribution in [0.15, 0.2) is 35.6 Å². The third-order valence-electron chi connectivity index (χ3n) is 3.19. The van der Waals surface area contributed by atoms with Crippen molar-refractivity contribution in [3.63, 3.8) is 0 Å². The van der Waals surface area contributed by atoms with Crippen LogP contribution in [0.3, 0.4) is 0 Å². The summed E-state index contributed by atoms with van der Waals surface area (Å²) in [5.74, 6) is -0.590. The first-order valence-electron chi connectivity index (χ1n) is 6.84. The molecule has 0 aliphatic heterocycles. The summed E-state index contributed by atoms with van der Waals surface area (Å²) < 4.78 is 2.72. The second-order valence-electron chi connectivity index (χ2n) is 4.79. The molecule has 2 N–H and O–H groups in total. The molecule has 0 bridgehead atoms. The zero-order valence-electron chi connectivity index (χ0n) is 12.7. The summed E-state index contributed by atoms with van der Waals surface area (Å²) in [7, 11) is 0. The van der Waals surface area contributed by atoms with Crippen LogP contribution in [0.5, 0.6) is 0 Å². The number of oxime groups is 1. The number of rotatable bonds is 6. The van der Waals surface area contributed by atoms with Crippen molar-refractivity contribution in [3.05, 3.63) is 55.4 Å². The first kappa shape index (κ1) is 17.8. The number of aryl methyl sites for hydroxylation is 1. The van der Waals surface area contributed by atoms with Crippen LogP contribution >= 0.6 is 22.6 Å². The minimum atomic E-state index is -0.551. The summed E-state index contributed by atoms with van der Waals surface area (Å²) in [6, 6.07) is 5.45. The van der Waals surface area contributed by atoms with Gasteiger partial charge in [-0.05, 0) is 41.6 Å². The smallest absolute Gasteiger partial charge is 0.336 e. The van der Waals surface area contributed by atoms with Crippen molar-refractivity contribution >= 4 is 40.1 Å². The summed E-state index contributed by atoms with van der Waals surface area (Å²) >= 11 is 2.16. The number of nitrogens with zero attached hydrogens (tertiary/aromatic N) is 4. The molecule has 1 heterocycles. The van der Waals surface area contributed by atoms with E-state index in [0.29, 0.717) is 12.1 Å². The average Bonchev–Trinajstić information content (AvgIpc) is 2.89. The Morgan fingerprint density at radius 2 is 2.12 bits per heavy atom. The quantitative estimate of drug-likeness (QED) is 0.182. The lowest BCUT2D eigenvalue weighted by Crippen LogP contribution is -2.16. The molecule has 2 aromatic rings. The van der Waals surface area contributed by atoms with Crippen LogP contribution in [0.4, 0.5) is 5.69 Å². The van der Waals surface area contributed by atoms with E-state index in [1.807, 2.05) is 6.92 Å². The standard InChI is InChI=1S/C14H14IN5O4/c1-9-12(15)8-17-19(9)7-6-13(21)24-18-14(16)10-2-4-11(5-3-10)20(22)23/h2-5,8H,6-7H2,1H3,(H2,16,18). The Hall–Kier alpha value is -2.50. The Bertz CT molecular complexity index is 785. The molecule has 1 aromatic heterocycles. The highest BCUT2D eigenvalue weighted by molar-refractivity contribution is 14.1. The van der Waals surface area contributed by atoms with Crippen LogP contribution in [0.25, 0.3) is 0 Å². The first-order valence-corrected chi connectivity index (χ1v) is 7.92. The van der Waals surface area contributed by atoms with Gasteiger partial charge in [-0.3, -0.25) is 14.8 Å². The number of nitrogens with two attached hydrogens (primary N) is 1. The maximum absolute atomic E-state index is 11.7. The van der Waals surface area contributed by atoms with E-state index in [-0.39, 0.29) is 17.9 Å². The number of hydrogen-bond donors (Lipinski definition) is 1. The second-order valence-corrected chi connectivity index (χ2v) is 5.96. The minimum absolute atomic E-state index is 0.0388. The molecule has 9 nitrogen and oxygen atoms in total. The number of benzene rings is 1. The van der Waals surface area contributed by atoms with Crippen molar-refractivity contribution < 1.29 is 14.6 Å². The Kier molecular flexibility index (Phi) is 5.84. The van der Waals surface area contributed by atoms with E-state index in [0.717, 1.165) is 9.26 Å². The van der Waals surface area contributed by atoms with Gasteiger partial charge < -0.3 is 10.6 Å². The number of nitro groups is 1. The summed E-state index contributed by atoms with van der Waals surface area (Å²) in [6.45, 7) is 2.28. The number of amidine groups is 1. The fourth-order valence-corrected chi connectivity index (χ4v) is 2.20. The number of non-ortho nitro benzene ring substituents is 1. The molecular formula is C14H14IN5O4. The molecule has 0 spiro atoms. The van der Waals surface area contributed by atoms with Gasteiger partial charge in [0.1, 0.15) is 0 Å². The van der Waals surface area contributed by atoms with Gasteiger partial charge in [-0.2, -0.15) is 5.10 Å². The summed E-state index contributed by atoms with van der Waals surface area (Å²) in [4.78, 5) is 26.5. The summed E-state index contributed by atoms with van der Waals surface area (Å²) in [6.07, 6.45) is 1.81. The number of carbonyl (C=O) groups is 1. The average molecular weight is 443 g/mol. The molecule has 126 valence electrons. The van der Waals surface area contributed by atoms with Crippen LogP contribution in [0.2, 0.25) is 0 Å². The molecule has 0 amide bonds. The molecule has 0 unspecified atom stereocenters. The molecule has 1 aromatic carbocycles. The molecule has 0 fully saturated rings. The van der Waals surface area contributed by atoms with Gasteiger partial charge in [0.05, 0.1) is 27.7 Å². The van der Waals surface area contributed by atoms with Gasteiger partial charge in [-0.1, -0.05) is 5.16 Å².